The van der Waals surface area contributed by atoms with Crippen LogP contribution in [0.3, 0.4) is 0 Å². The van der Waals surface area contributed by atoms with Gasteiger partial charge in [-0.1, -0.05) is 18.2 Å². The molecule has 0 radical (unpaired) electrons. The molecule has 88 valence electrons. The zero-order valence-corrected chi connectivity index (χ0v) is 9.72. The number of hydrogen-bond acceptors (Lipinski definition) is 4. The maximum absolute atomic E-state index is 11.6. The van der Waals surface area contributed by atoms with E-state index in [-0.39, 0.29) is 12.5 Å². The predicted octanol–water partition coefficient (Wildman–Crippen LogP) is 1.01. The number of carbonyl (C=O) groups is 1. The van der Waals surface area contributed by atoms with Crippen LogP contribution < -0.4 is 10.6 Å². The molecule has 0 aliphatic carbocycles. The van der Waals surface area contributed by atoms with Crippen LogP contribution in [0.1, 0.15) is 6.92 Å². The maximum atomic E-state index is 11.6. The van der Waals surface area contributed by atoms with Gasteiger partial charge in [-0.25, -0.2) is 4.79 Å². The Kier molecular flexibility index (Phi) is 4.79. The van der Waals surface area contributed by atoms with E-state index in [1.54, 1.807) is 0 Å². The number of carbonyl (C=O) groups excluding carboxylic acids is 1. The molecule has 16 heavy (non-hydrogen) atoms. The normalized spacial score (nSPS) is 11.9. The van der Waals surface area contributed by atoms with Crippen LogP contribution in [0.25, 0.3) is 0 Å². The van der Waals surface area contributed by atoms with E-state index in [4.69, 9.17) is 10.5 Å². The van der Waals surface area contributed by atoms with Crippen LogP contribution in [-0.2, 0) is 9.53 Å². The van der Waals surface area contributed by atoms with Crippen LogP contribution in [0.5, 0.6) is 0 Å². The number of benzene rings is 1. The number of anilines is 1. The van der Waals surface area contributed by atoms with E-state index in [1.807, 2.05) is 42.2 Å². The van der Waals surface area contributed by atoms with Gasteiger partial charge in [0.1, 0.15) is 6.04 Å². The Morgan fingerprint density at radius 3 is 2.50 bits per heavy atom. The zero-order chi connectivity index (χ0) is 12.0. The maximum Gasteiger partial charge on any atom is 0.329 e. The molecule has 0 aliphatic heterocycles. The van der Waals surface area contributed by atoms with Crippen molar-refractivity contribution in [1.29, 1.82) is 0 Å². The number of para-hydroxylation sites is 1. The fourth-order valence-corrected chi connectivity index (χ4v) is 1.69. The Hall–Kier alpha value is -1.55. The summed E-state index contributed by atoms with van der Waals surface area (Å²) in [7, 11) is 1.38. The number of nitrogens with two attached hydrogens (primary N) is 1. The molecule has 1 atom stereocenters. The summed E-state index contributed by atoms with van der Waals surface area (Å²) >= 11 is 0. The highest BCUT2D eigenvalue weighted by Crippen LogP contribution is 2.16. The van der Waals surface area contributed by atoms with Crippen molar-refractivity contribution in [3.63, 3.8) is 0 Å². The van der Waals surface area contributed by atoms with E-state index in [1.165, 1.54) is 7.11 Å². The molecule has 0 heterocycles. The third kappa shape index (κ3) is 2.73. The summed E-state index contributed by atoms with van der Waals surface area (Å²) in [5.74, 6) is -0.298. The van der Waals surface area contributed by atoms with Gasteiger partial charge >= 0.3 is 5.97 Å². The van der Waals surface area contributed by atoms with Crippen molar-refractivity contribution in [2.45, 2.75) is 13.0 Å². The van der Waals surface area contributed by atoms with Gasteiger partial charge < -0.3 is 15.4 Å². The SMILES string of the molecule is CCN(c1ccccc1)C(CN)C(=O)OC. The molecule has 1 aromatic rings. The van der Waals surface area contributed by atoms with Gasteiger partial charge in [0.2, 0.25) is 0 Å². The van der Waals surface area contributed by atoms with Crippen molar-refractivity contribution in [1.82, 2.24) is 0 Å². The largest absolute Gasteiger partial charge is 0.467 e. The number of ether oxygens (including phenoxy) is 1. The van der Waals surface area contributed by atoms with Crippen molar-refractivity contribution >= 4 is 11.7 Å². The monoisotopic (exact) mass is 222 g/mol. The van der Waals surface area contributed by atoms with Gasteiger partial charge in [0, 0.05) is 18.8 Å². The summed E-state index contributed by atoms with van der Waals surface area (Å²) in [4.78, 5) is 13.5. The van der Waals surface area contributed by atoms with Crippen LogP contribution in [-0.4, -0.2) is 32.2 Å². The first-order valence-electron chi connectivity index (χ1n) is 5.34. The van der Waals surface area contributed by atoms with E-state index in [9.17, 15) is 4.79 Å². The number of esters is 1. The van der Waals surface area contributed by atoms with E-state index in [0.717, 1.165) is 5.69 Å². The molecule has 2 N–H and O–H groups in total. The van der Waals surface area contributed by atoms with Crippen molar-refractivity contribution in [2.24, 2.45) is 5.73 Å². The highest BCUT2D eigenvalue weighted by Gasteiger charge is 2.24. The third-order valence-electron chi connectivity index (χ3n) is 2.50. The Balaban J connectivity index is 2.92. The van der Waals surface area contributed by atoms with Crippen LogP contribution in [0.4, 0.5) is 5.69 Å². The minimum Gasteiger partial charge on any atom is -0.467 e. The van der Waals surface area contributed by atoms with Crippen molar-refractivity contribution in [2.75, 3.05) is 25.1 Å². The highest BCUT2D eigenvalue weighted by atomic mass is 16.5. The number of methoxy groups -OCH3 is 1. The summed E-state index contributed by atoms with van der Waals surface area (Å²) in [6.07, 6.45) is 0. The summed E-state index contributed by atoms with van der Waals surface area (Å²) in [6.45, 7) is 2.94. The standard InChI is InChI=1S/C12H18N2O2/c1-3-14(10-7-5-4-6-8-10)11(9-13)12(15)16-2/h4-8,11H,3,9,13H2,1-2H3. The lowest BCUT2D eigenvalue weighted by molar-refractivity contribution is -0.142. The molecule has 4 heteroatoms. The molecule has 0 amide bonds. The highest BCUT2D eigenvalue weighted by molar-refractivity contribution is 5.80. The molecular formula is C12H18N2O2. The van der Waals surface area contributed by atoms with Gasteiger partial charge in [-0.05, 0) is 19.1 Å². The Morgan fingerprint density at radius 1 is 1.44 bits per heavy atom. The van der Waals surface area contributed by atoms with Crippen LogP contribution in [0, 0.1) is 0 Å². The average molecular weight is 222 g/mol. The molecule has 4 nitrogen and oxygen atoms in total. The van der Waals surface area contributed by atoms with Crippen molar-refractivity contribution in [3.8, 4) is 0 Å². The number of likely N-dealkylation sites (N-methyl/N-ethyl adjacent to an activating group) is 1. The molecule has 1 rings (SSSR count). The zero-order valence-electron chi connectivity index (χ0n) is 9.72. The molecule has 0 bridgehead atoms. The Labute approximate surface area is 96.0 Å². The minimum atomic E-state index is -0.419. The molecule has 0 aliphatic rings. The fraction of sp³-hybridized carbons (Fsp3) is 0.417. The lowest BCUT2D eigenvalue weighted by atomic mass is 10.2. The molecule has 0 saturated heterocycles. The van der Waals surface area contributed by atoms with Crippen LogP contribution in [0.2, 0.25) is 0 Å². The molecule has 0 fully saturated rings. The van der Waals surface area contributed by atoms with Gasteiger partial charge in [-0.2, -0.15) is 0 Å². The second-order valence-corrected chi connectivity index (χ2v) is 3.40. The van der Waals surface area contributed by atoms with Gasteiger partial charge in [-0.3, -0.25) is 0 Å². The minimum absolute atomic E-state index is 0.245. The van der Waals surface area contributed by atoms with Gasteiger partial charge in [-0.15, -0.1) is 0 Å². The van der Waals surface area contributed by atoms with Crippen LogP contribution in [0.15, 0.2) is 30.3 Å². The number of hydrogen-bond donors (Lipinski definition) is 1. The van der Waals surface area contributed by atoms with Crippen molar-refractivity contribution in [3.05, 3.63) is 30.3 Å². The molecule has 0 saturated carbocycles. The van der Waals surface area contributed by atoms with Gasteiger partial charge in [0.25, 0.3) is 0 Å². The summed E-state index contributed by atoms with van der Waals surface area (Å²) in [6, 6.07) is 9.29. The Bertz CT molecular complexity index is 327. The quantitative estimate of drug-likeness (QED) is 0.755. The first-order chi connectivity index (χ1) is 7.74. The second kappa shape index (κ2) is 6.12. The van der Waals surface area contributed by atoms with E-state index < -0.39 is 6.04 Å². The van der Waals surface area contributed by atoms with Gasteiger partial charge in [0.05, 0.1) is 7.11 Å². The smallest absolute Gasteiger partial charge is 0.329 e. The second-order valence-electron chi connectivity index (χ2n) is 3.40. The lowest BCUT2D eigenvalue weighted by Crippen LogP contribution is -2.47. The first kappa shape index (κ1) is 12.5. The summed E-state index contributed by atoms with van der Waals surface area (Å²) in [5.41, 5.74) is 6.60. The Morgan fingerprint density at radius 2 is 2.06 bits per heavy atom. The number of rotatable bonds is 5. The molecule has 0 aromatic heterocycles. The topological polar surface area (TPSA) is 55.6 Å². The molecule has 1 unspecified atom stereocenters. The first-order valence-corrected chi connectivity index (χ1v) is 5.34. The van der Waals surface area contributed by atoms with E-state index in [0.29, 0.717) is 6.54 Å². The lowest BCUT2D eigenvalue weighted by Gasteiger charge is -2.29. The molecule has 1 aromatic carbocycles. The molecular weight excluding hydrogens is 204 g/mol. The van der Waals surface area contributed by atoms with E-state index >= 15 is 0 Å². The third-order valence-corrected chi connectivity index (χ3v) is 2.50. The van der Waals surface area contributed by atoms with Crippen molar-refractivity contribution < 1.29 is 9.53 Å². The van der Waals surface area contributed by atoms with Crippen LogP contribution >= 0.6 is 0 Å². The predicted molar refractivity (Wildman–Crippen MR) is 64.3 cm³/mol. The average Bonchev–Trinajstić information content (AvgIpc) is 2.36. The summed E-state index contributed by atoms with van der Waals surface area (Å²) < 4.78 is 4.75. The summed E-state index contributed by atoms with van der Waals surface area (Å²) in [5, 5.41) is 0. The fourth-order valence-electron chi connectivity index (χ4n) is 1.69. The number of nitrogens with zero attached hydrogens (tertiary/aromatic N) is 1. The molecule has 0 spiro atoms. The van der Waals surface area contributed by atoms with E-state index in [2.05, 4.69) is 0 Å². The van der Waals surface area contributed by atoms with Gasteiger partial charge in [0.15, 0.2) is 0 Å².